The van der Waals surface area contributed by atoms with E-state index < -0.39 is 0 Å². The van der Waals surface area contributed by atoms with Gasteiger partial charge in [0.2, 0.25) is 0 Å². The summed E-state index contributed by atoms with van der Waals surface area (Å²) in [5, 5.41) is 2.76. The molecule has 5 rings (SSSR count). The molecule has 3 nitrogen and oxygen atoms in total. The third-order valence-electron chi connectivity index (χ3n) is 5.71. The first-order chi connectivity index (χ1) is 12.8. The summed E-state index contributed by atoms with van der Waals surface area (Å²) in [4.78, 5) is 2.57. The lowest BCUT2D eigenvalue weighted by Crippen LogP contribution is -2.19. The van der Waals surface area contributed by atoms with Gasteiger partial charge in [-0.15, -0.1) is 0 Å². The van der Waals surface area contributed by atoms with Gasteiger partial charge in [0.1, 0.15) is 5.75 Å². The molecule has 26 heavy (non-hydrogen) atoms. The number of likely N-dealkylation sites (tertiary alicyclic amines) is 1. The Bertz CT molecular complexity index is 1090. The van der Waals surface area contributed by atoms with Crippen molar-refractivity contribution in [3.8, 4) is 5.75 Å². The van der Waals surface area contributed by atoms with E-state index >= 15 is 0 Å². The summed E-state index contributed by atoms with van der Waals surface area (Å²) < 4.78 is 9.63. The predicted octanol–water partition coefficient (Wildman–Crippen LogP) is 5.52. The van der Waals surface area contributed by atoms with Crippen molar-refractivity contribution in [2.24, 2.45) is 0 Å². The molecule has 1 aliphatic heterocycles. The smallest absolute Gasteiger partial charge is 0.120 e. The zero-order valence-electron chi connectivity index (χ0n) is 15.4. The molecular weight excluding hydrogens is 340 g/mol. The molecule has 1 saturated heterocycles. The molecule has 1 aliphatic rings. The maximum Gasteiger partial charge on any atom is 0.120 e. The van der Waals surface area contributed by atoms with Gasteiger partial charge in [-0.3, -0.25) is 3.79 Å². The minimum absolute atomic E-state index is 0.595. The Morgan fingerprint density at radius 2 is 2.00 bits per heavy atom. The van der Waals surface area contributed by atoms with Crippen LogP contribution in [0.3, 0.4) is 0 Å². The van der Waals surface area contributed by atoms with Gasteiger partial charge < -0.3 is 9.64 Å². The zero-order chi connectivity index (χ0) is 17.7. The first-order valence-corrected chi connectivity index (χ1v) is 10.4. The van der Waals surface area contributed by atoms with Crippen LogP contribution in [0.5, 0.6) is 5.75 Å². The Labute approximate surface area is 157 Å². The molecular formula is C22H24N2OS. The molecule has 0 unspecified atom stereocenters. The summed E-state index contributed by atoms with van der Waals surface area (Å²) >= 11 is 1.86. The van der Waals surface area contributed by atoms with E-state index in [4.69, 9.17) is 4.74 Å². The quantitative estimate of drug-likeness (QED) is 0.474. The van der Waals surface area contributed by atoms with Crippen LogP contribution in [0, 0.1) is 0 Å². The topological polar surface area (TPSA) is 16.9 Å². The molecule has 0 spiro atoms. The monoisotopic (exact) mass is 364 g/mol. The van der Waals surface area contributed by atoms with E-state index in [0.717, 1.165) is 18.8 Å². The normalized spacial score (nSPS) is 18.5. The Hall–Kier alpha value is -2.04. The van der Waals surface area contributed by atoms with Gasteiger partial charge in [-0.25, -0.2) is 0 Å². The molecule has 0 bridgehead atoms. The van der Waals surface area contributed by atoms with Gasteiger partial charge in [0.25, 0.3) is 0 Å². The number of rotatable bonds is 4. The molecule has 0 amide bonds. The minimum Gasteiger partial charge on any atom is -0.494 e. The van der Waals surface area contributed by atoms with Gasteiger partial charge in [-0.05, 0) is 56.3 Å². The van der Waals surface area contributed by atoms with Gasteiger partial charge in [0, 0.05) is 23.2 Å². The van der Waals surface area contributed by atoms with Gasteiger partial charge in [0.05, 0.1) is 22.3 Å². The van der Waals surface area contributed by atoms with E-state index in [1.165, 1.54) is 45.0 Å². The first kappa shape index (κ1) is 16.2. The van der Waals surface area contributed by atoms with Gasteiger partial charge >= 0.3 is 0 Å². The molecule has 0 radical (unpaired) electrons. The van der Waals surface area contributed by atoms with E-state index in [0.29, 0.717) is 12.5 Å². The van der Waals surface area contributed by atoms with E-state index in [1.54, 1.807) is 0 Å². The van der Waals surface area contributed by atoms with Crippen LogP contribution in [0.15, 0.2) is 42.5 Å². The maximum atomic E-state index is 5.82. The van der Waals surface area contributed by atoms with Crippen LogP contribution in [-0.2, 0) is 0 Å². The highest BCUT2D eigenvalue weighted by molar-refractivity contribution is 7.14. The molecule has 2 aromatic heterocycles. The van der Waals surface area contributed by atoms with Crippen LogP contribution < -0.4 is 4.74 Å². The fraction of sp³-hybridized carbons (Fsp3) is 0.364. The number of ether oxygens (including phenoxy) is 1. The molecule has 0 aliphatic carbocycles. The number of benzene rings is 2. The Balaban J connectivity index is 1.82. The minimum atomic E-state index is 0.595. The average Bonchev–Trinajstić information content (AvgIpc) is 3.34. The lowest BCUT2D eigenvalue weighted by atomic mass is 9.95. The Morgan fingerprint density at radius 3 is 2.81 bits per heavy atom. The fourth-order valence-electron chi connectivity index (χ4n) is 4.48. The average molecular weight is 365 g/mol. The number of aromatic nitrogens is 1. The molecule has 0 saturated carbocycles. The summed E-state index contributed by atoms with van der Waals surface area (Å²) in [6.45, 7) is 8.52. The Morgan fingerprint density at radius 1 is 1.12 bits per heavy atom. The lowest BCUT2D eigenvalue weighted by molar-refractivity contribution is 0.340. The van der Waals surface area contributed by atoms with Crippen molar-refractivity contribution >= 4 is 38.0 Å². The van der Waals surface area contributed by atoms with Crippen molar-refractivity contribution in [2.75, 3.05) is 26.2 Å². The van der Waals surface area contributed by atoms with Crippen LogP contribution in [0.25, 0.3) is 26.5 Å². The van der Waals surface area contributed by atoms with Crippen LogP contribution >= 0.6 is 11.5 Å². The second-order valence-electron chi connectivity index (χ2n) is 7.13. The largest absolute Gasteiger partial charge is 0.494 e. The van der Waals surface area contributed by atoms with Crippen LogP contribution in [0.4, 0.5) is 0 Å². The number of nitrogens with zero attached hydrogens (tertiary/aromatic N) is 2. The van der Waals surface area contributed by atoms with Crippen molar-refractivity contribution < 1.29 is 4.74 Å². The third-order valence-corrected chi connectivity index (χ3v) is 6.82. The third kappa shape index (κ3) is 2.36. The molecule has 4 heteroatoms. The predicted molar refractivity (Wildman–Crippen MR) is 111 cm³/mol. The number of hydrogen-bond acceptors (Lipinski definition) is 3. The van der Waals surface area contributed by atoms with Gasteiger partial charge in [-0.2, -0.15) is 0 Å². The highest BCUT2D eigenvalue weighted by Gasteiger charge is 2.29. The van der Waals surface area contributed by atoms with Crippen molar-refractivity contribution in [2.45, 2.75) is 26.2 Å². The maximum absolute atomic E-state index is 5.82. The summed E-state index contributed by atoms with van der Waals surface area (Å²) in [6, 6.07) is 15.4. The summed E-state index contributed by atoms with van der Waals surface area (Å²) in [7, 11) is 0. The standard InChI is InChI=1S/C22H24N2OS/c1-3-23-12-11-15(14-23)21-18-13-16(25-4-2)9-10-19(18)24-22(21)17-7-5-6-8-20(17)26-24/h5-10,13,15H,3-4,11-12,14H2,1-2H3/t15-/m0/s1. The van der Waals surface area contributed by atoms with Crippen molar-refractivity contribution in [1.82, 2.24) is 8.69 Å². The van der Waals surface area contributed by atoms with Crippen molar-refractivity contribution in [3.63, 3.8) is 0 Å². The van der Waals surface area contributed by atoms with Gasteiger partial charge in [-0.1, -0.05) is 36.7 Å². The van der Waals surface area contributed by atoms with Crippen molar-refractivity contribution in [3.05, 3.63) is 48.0 Å². The highest BCUT2D eigenvalue weighted by Crippen LogP contribution is 2.43. The number of fused-ring (bicyclic) bond motifs is 5. The second kappa shape index (κ2) is 6.29. The lowest BCUT2D eigenvalue weighted by Gasteiger charge is -2.13. The summed E-state index contributed by atoms with van der Waals surface area (Å²) in [5.41, 5.74) is 4.25. The van der Waals surface area contributed by atoms with Crippen molar-refractivity contribution in [1.29, 1.82) is 0 Å². The SMILES string of the molecule is CCOc1ccc2c(c1)c([C@H]1CCN(CC)C1)c1c3ccccc3sn21. The molecule has 0 N–H and O–H groups in total. The first-order valence-electron chi connectivity index (χ1n) is 9.61. The van der Waals surface area contributed by atoms with E-state index in [2.05, 4.69) is 58.1 Å². The fourth-order valence-corrected chi connectivity index (χ4v) is 5.62. The zero-order valence-corrected chi connectivity index (χ0v) is 16.2. The Kier molecular flexibility index (Phi) is 3.91. The van der Waals surface area contributed by atoms with Gasteiger partial charge in [0.15, 0.2) is 0 Å². The highest BCUT2D eigenvalue weighted by atomic mass is 32.1. The summed E-state index contributed by atoms with van der Waals surface area (Å²) in [6.07, 6.45) is 1.24. The van der Waals surface area contributed by atoms with E-state index in [-0.39, 0.29) is 0 Å². The molecule has 4 aromatic rings. The van der Waals surface area contributed by atoms with E-state index in [9.17, 15) is 0 Å². The molecule has 1 atom stereocenters. The number of hydrogen-bond donors (Lipinski definition) is 0. The van der Waals surface area contributed by atoms with Crippen LogP contribution in [0.2, 0.25) is 0 Å². The molecule has 3 heterocycles. The van der Waals surface area contributed by atoms with Crippen LogP contribution in [-0.4, -0.2) is 34.9 Å². The molecule has 2 aromatic carbocycles. The number of likely N-dealkylation sites (N-methyl/N-ethyl adjacent to an activating group) is 1. The molecule has 1 fully saturated rings. The molecule has 134 valence electrons. The second-order valence-corrected chi connectivity index (χ2v) is 8.12. The summed E-state index contributed by atoms with van der Waals surface area (Å²) in [5.74, 6) is 1.58. The van der Waals surface area contributed by atoms with Crippen LogP contribution in [0.1, 0.15) is 31.7 Å². The van der Waals surface area contributed by atoms with E-state index in [1.807, 2.05) is 18.5 Å².